The van der Waals surface area contributed by atoms with Crippen LogP contribution >= 0.6 is 0 Å². The van der Waals surface area contributed by atoms with Gasteiger partial charge in [0, 0.05) is 38.2 Å². The van der Waals surface area contributed by atoms with E-state index in [4.69, 9.17) is 14.4 Å². The molecule has 10 aromatic rings. The number of nitrogens with zero attached hydrogens (tertiary/aromatic N) is 4. The summed E-state index contributed by atoms with van der Waals surface area (Å²) in [5, 5.41) is 6.62. The van der Waals surface area contributed by atoms with Gasteiger partial charge in [0.15, 0.2) is 11.6 Å². The van der Waals surface area contributed by atoms with Crippen molar-refractivity contribution in [3.8, 4) is 22.9 Å². The van der Waals surface area contributed by atoms with Crippen molar-refractivity contribution in [3.05, 3.63) is 146 Å². The van der Waals surface area contributed by atoms with E-state index in [1.54, 1.807) is 0 Å². The van der Waals surface area contributed by atoms with Gasteiger partial charge in [-0.15, -0.1) is 0 Å². The zero-order valence-electron chi connectivity index (χ0n) is 24.1. The Balaban J connectivity index is 1.47. The number of furan rings is 1. The Labute approximate surface area is 257 Å². The second-order valence-corrected chi connectivity index (χ2v) is 11.4. The minimum Gasteiger partial charge on any atom is -0.437 e. The quantitative estimate of drug-likeness (QED) is 0.210. The zero-order chi connectivity index (χ0) is 29.5. The van der Waals surface area contributed by atoms with E-state index in [1.165, 1.54) is 21.5 Å². The van der Waals surface area contributed by atoms with Gasteiger partial charge in [0.05, 0.1) is 27.5 Å². The molecule has 0 bridgehead atoms. The fourth-order valence-corrected chi connectivity index (χ4v) is 7.05. The summed E-state index contributed by atoms with van der Waals surface area (Å²) in [5.74, 6) is 1.42. The van der Waals surface area contributed by atoms with Gasteiger partial charge in [-0.2, -0.15) is 4.98 Å². The Kier molecular flexibility index (Phi) is 4.93. The van der Waals surface area contributed by atoms with Crippen LogP contribution in [0.3, 0.4) is 0 Å². The van der Waals surface area contributed by atoms with E-state index in [9.17, 15) is 0 Å². The molecule has 0 aliphatic heterocycles. The molecule has 45 heavy (non-hydrogen) atoms. The molecule has 5 nitrogen and oxygen atoms in total. The van der Waals surface area contributed by atoms with E-state index in [-0.39, 0.29) is 0 Å². The Bertz CT molecular complexity index is 2750. The van der Waals surface area contributed by atoms with Crippen molar-refractivity contribution in [2.45, 2.75) is 0 Å². The van der Waals surface area contributed by atoms with Gasteiger partial charge < -0.3 is 8.98 Å². The van der Waals surface area contributed by atoms with Crippen molar-refractivity contribution in [1.29, 1.82) is 0 Å². The van der Waals surface area contributed by atoms with Gasteiger partial charge in [0.2, 0.25) is 5.71 Å². The van der Waals surface area contributed by atoms with Gasteiger partial charge in [-0.1, -0.05) is 115 Å². The standard InChI is InChI=1S/C40H24N4O/c1-3-13-25(14-4-1)38-41-39(35-31-19-9-12-22-34(31)45-40(35)42-38)44-33-21-11-8-18-28(33)30-24-23-29-27-17-7-10-20-32(27)43(36(29)37(30)44)26-15-5-2-6-16-26/h1-24H. The minimum atomic E-state index is 0.571. The van der Waals surface area contributed by atoms with Crippen molar-refractivity contribution >= 4 is 65.7 Å². The molecule has 210 valence electrons. The zero-order valence-corrected chi connectivity index (χ0v) is 24.1. The molecule has 0 N–H and O–H groups in total. The van der Waals surface area contributed by atoms with Gasteiger partial charge in [0.1, 0.15) is 5.58 Å². The highest BCUT2D eigenvalue weighted by atomic mass is 16.3. The second kappa shape index (κ2) is 9.15. The van der Waals surface area contributed by atoms with Crippen LogP contribution in [-0.2, 0) is 0 Å². The Hall–Kier alpha value is -6.20. The molecule has 4 aromatic heterocycles. The molecule has 5 heteroatoms. The predicted molar refractivity (Wildman–Crippen MR) is 183 cm³/mol. The molecule has 0 aliphatic rings. The van der Waals surface area contributed by atoms with E-state index >= 15 is 0 Å². The van der Waals surface area contributed by atoms with Crippen LogP contribution in [0, 0.1) is 0 Å². The van der Waals surface area contributed by atoms with Crippen LogP contribution in [0.2, 0.25) is 0 Å². The summed E-state index contributed by atoms with van der Waals surface area (Å²) < 4.78 is 11.2. The summed E-state index contributed by atoms with van der Waals surface area (Å²) >= 11 is 0. The summed E-state index contributed by atoms with van der Waals surface area (Å²) in [6, 6.07) is 50.7. The first-order chi connectivity index (χ1) is 22.3. The summed E-state index contributed by atoms with van der Waals surface area (Å²) in [4.78, 5) is 10.4. The Morgan fingerprint density at radius 1 is 0.444 bits per heavy atom. The molecule has 0 amide bonds. The first kappa shape index (κ1) is 24.3. The predicted octanol–water partition coefficient (Wildman–Crippen LogP) is 10.2. The second-order valence-electron chi connectivity index (χ2n) is 11.4. The van der Waals surface area contributed by atoms with Crippen LogP contribution in [0.15, 0.2) is 150 Å². The number of aromatic nitrogens is 4. The number of hydrogen-bond donors (Lipinski definition) is 0. The lowest BCUT2D eigenvalue weighted by Crippen LogP contribution is -2.03. The van der Waals surface area contributed by atoms with E-state index in [2.05, 4.69) is 106 Å². The fraction of sp³-hybridized carbons (Fsp3) is 0. The maximum atomic E-state index is 6.44. The van der Waals surface area contributed by atoms with Gasteiger partial charge in [-0.25, -0.2) is 4.98 Å². The number of hydrogen-bond acceptors (Lipinski definition) is 3. The molecule has 0 spiro atoms. The van der Waals surface area contributed by atoms with Crippen molar-refractivity contribution in [2.75, 3.05) is 0 Å². The highest BCUT2D eigenvalue weighted by molar-refractivity contribution is 6.24. The summed E-state index contributed by atoms with van der Waals surface area (Å²) in [7, 11) is 0. The number of para-hydroxylation sites is 4. The first-order valence-electron chi connectivity index (χ1n) is 15.1. The molecule has 0 saturated heterocycles. The van der Waals surface area contributed by atoms with Crippen LogP contribution in [0.5, 0.6) is 0 Å². The number of benzene rings is 6. The number of fused-ring (bicyclic) bond motifs is 10. The Morgan fingerprint density at radius 2 is 1.00 bits per heavy atom. The molecular weight excluding hydrogens is 552 g/mol. The average molecular weight is 577 g/mol. The van der Waals surface area contributed by atoms with Gasteiger partial charge >= 0.3 is 0 Å². The van der Waals surface area contributed by atoms with Crippen molar-refractivity contribution in [3.63, 3.8) is 0 Å². The lowest BCUT2D eigenvalue weighted by Gasteiger charge is -2.13. The number of rotatable bonds is 3. The van der Waals surface area contributed by atoms with Crippen molar-refractivity contribution < 1.29 is 4.42 Å². The first-order valence-corrected chi connectivity index (χ1v) is 15.1. The van der Waals surface area contributed by atoms with E-state index < -0.39 is 0 Å². The fourth-order valence-electron chi connectivity index (χ4n) is 7.05. The maximum absolute atomic E-state index is 6.44. The van der Waals surface area contributed by atoms with Gasteiger partial charge in [-0.05, 0) is 30.3 Å². The molecule has 0 saturated carbocycles. The highest BCUT2D eigenvalue weighted by Gasteiger charge is 2.25. The molecule has 0 aliphatic carbocycles. The summed E-state index contributed by atoms with van der Waals surface area (Å²) in [5.41, 5.74) is 7.88. The van der Waals surface area contributed by atoms with Crippen LogP contribution in [0.1, 0.15) is 0 Å². The monoisotopic (exact) mass is 576 g/mol. The van der Waals surface area contributed by atoms with Crippen LogP contribution in [0.25, 0.3) is 88.6 Å². The molecular formula is C40H24N4O. The van der Waals surface area contributed by atoms with Crippen LogP contribution in [-0.4, -0.2) is 19.1 Å². The third kappa shape index (κ3) is 3.38. The summed E-state index contributed by atoms with van der Waals surface area (Å²) in [6.45, 7) is 0. The third-order valence-corrected chi connectivity index (χ3v) is 8.95. The molecule has 0 atom stereocenters. The molecule has 4 heterocycles. The normalized spacial score (nSPS) is 12.0. The lowest BCUT2D eigenvalue weighted by atomic mass is 10.1. The molecule has 10 rings (SSSR count). The smallest absolute Gasteiger partial charge is 0.233 e. The van der Waals surface area contributed by atoms with Gasteiger partial charge in [0.25, 0.3) is 0 Å². The van der Waals surface area contributed by atoms with E-state index in [1.807, 2.05) is 48.5 Å². The SMILES string of the molecule is c1ccc(-c2nc(-n3c4ccccc4c4ccc5c6ccccc6n(-c6ccccc6)c5c43)c3c(n2)oc2ccccc23)cc1. The highest BCUT2D eigenvalue weighted by Crippen LogP contribution is 2.43. The lowest BCUT2D eigenvalue weighted by molar-refractivity contribution is 0.653. The molecule has 0 unspecified atom stereocenters. The van der Waals surface area contributed by atoms with E-state index in [0.29, 0.717) is 11.5 Å². The summed E-state index contributed by atoms with van der Waals surface area (Å²) in [6.07, 6.45) is 0. The van der Waals surface area contributed by atoms with Crippen molar-refractivity contribution in [1.82, 2.24) is 19.1 Å². The largest absolute Gasteiger partial charge is 0.437 e. The minimum absolute atomic E-state index is 0.571. The van der Waals surface area contributed by atoms with Crippen LogP contribution < -0.4 is 0 Å². The third-order valence-electron chi connectivity index (χ3n) is 8.95. The topological polar surface area (TPSA) is 48.8 Å². The molecule has 0 fully saturated rings. The maximum Gasteiger partial charge on any atom is 0.233 e. The van der Waals surface area contributed by atoms with E-state index in [0.717, 1.165) is 55.5 Å². The Morgan fingerprint density at radius 3 is 1.71 bits per heavy atom. The average Bonchev–Trinajstić information content (AvgIpc) is 3.76. The molecule has 6 aromatic carbocycles. The van der Waals surface area contributed by atoms with Crippen molar-refractivity contribution in [2.24, 2.45) is 0 Å². The van der Waals surface area contributed by atoms with Crippen LogP contribution in [0.4, 0.5) is 0 Å². The molecule has 0 radical (unpaired) electrons. The van der Waals surface area contributed by atoms with Gasteiger partial charge in [-0.3, -0.25) is 4.57 Å².